The third-order valence-corrected chi connectivity index (χ3v) is 9.42. The minimum atomic E-state index is -4.84. The summed E-state index contributed by atoms with van der Waals surface area (Å²) in [7, 11) is 1.99. The summed E-state index contributed by atoms with van der Waals surface area (Å²) in [5.74, 6) is -0.760. The molecule has 48 heavy (non-hydrogen) atoms. The smallest absolute Gasteiger partial charge is 0.417 e. The molecule has 11 nitrogen and oxygen atoms in total. The first kappa shape index (κ1) is 32.1. The fourth-order valence-corrected chi connectivity index (χ4v) is 6.99. The monoisotopic (exact) mass is 685 g/mol. The SMILES string of the molecule is Cc1cc2[nH]ncc2c(-c2nc3c4c(nc(OC[C@@H]5CCCN5C)nc4c2F)N([C@H](C)c2cc(Cl)cnc2N)[C@@H](C)CO3)c1C(F)(F)F. The molecule has 4 aromatic heterocycles. The van der Waals surface area contributed by atoms with Crippen molar-refractivity contribution in [2.75, 3.05) is 37.4 Å². The number of aryl methyl sites for hydroxylation is 1. The van der Waals surface area contributed by atoms with Crippen molar-refractivity contribution < 1.29 is 27.0 Å². The Bertz CT molecular complexity index is 2060. The van der Waals surface area contributed by atoms with Crippen molar-refractivity contribution in [3.05, 3.63) is 52.1 Å². The van der Waals surface area contributed by atoms with E-state index < -0.39 is 40.9 Å². The fourth-order valence-electron chi connectivity index (χ4n) is 6.83. The van der Waals surface area contributed by atoms with Gasteiger partial charge in [-0.15, -0.1) is 0 Å². The van der Waals surface area contributed by atoms with Gasteiger partial charge in [-0.1, -0.05) is 11.6 Å². The lowest BCUT2D eigenvalue weighted by Crippen LogP contribution is -2.39. The van der Waals surface area contributed by atoms with E-state index in [9.17, 15) is 13.2 Å². The number of nitrogens with zero attached hydrogens (tertiary/aromatic N) is 7. The Labute approximate surface area is 277 Å². The van der Waals surface area contributed by atoms with Gasteiger partial charge in [0.05, 0.1) is 34.4 Å². The number of fused-ring (bicyclic) bond motifs is 1. The highest BCUT2D eigenvalue weighted by Crippen LogP contribution is 2.47. The highest BCUT2D eigenvalue weighted by Gasteiger charge is 2.40. The second-order valence-electron chi connectivity index (χ2n) is 12.4. The lowest BCUT2D eigenvalue weighted by atomic mass is 9.94. The Kier molecular flexibility index (Phi) is 7.94. The van der Waals surface area contributed by atoms with E-state index in [-0.39, 0.29) is 70.2 Å². The summed E-state index contributed by atoms with van der Waals surface area (Å²) in [6.45, 7) is 6.19. The average molecular weight is 686 g/mol. The third-order valence-electron chi connectivity index (χ3n) is 9.22. The van der Waals surface area contributed by atoms with Crippen LogP contribution < -0.4 is 20.1 Å². The predicted molar refractivity (Wildman–Crippen MR) is 173 cm³/mol. The number of rotatable bonds is 6. The molecule has 7 rings (SSSR count). The molecule has 0 spiro atoms. The van der Waals surface area contributed by atoms with Crippen LogP contribution in [0.15, 0.2) is 24.5 Å². The Morgan fingerprint density at radius 2 is 2.00 bits per heavy atom. The summed E-state index contributed by atoms with van der Waals surface area (Å²) in [4.78, 5) is 21.9. The average Bonchev–Trinajstić information content (AvgIpc) is 3.64. The molecule has 0 bridgehead atoms. The number of hydrogen-bond donors (Lipinski definition) is 2. The number of nitrogen functional groups attached to an aromatic ring is 1. The summed E-state index contributed by atoms with van der Waals surface area (Å²) >= 11 is 6.30. The molecule has 16 heteroatoms. The van der Waals surface area contributed by atoms with Crippen molar-refractivity contribution in [1.82, 2.24) is 35.0 Å². The maximum Gasteiger partial charge on any atom is 0.417 e. The molecule has 0 saturated carbocycles. The minimum Gasteiger partial charge on any atom is -0.475 e. The van der Waals surface area contributed by atoms with Gasteiger partial charge in [0.25, 0.3) is 0 Å². The molecule has 2 aliphatic rings. The van der Waals surface area contributed by atoms with Crippen molar-refractivity contribution in [3.8, 4) is 23.1 Å². The second-order valence-corrected chi connectivity index (χ2v) is 12.8. The lowest BCUT2D eigenvalue weighted by molar-refractivity contribution is -0.137. The van der Waals surface area contributed by atoms with Gasteiger partial charge in [0.2, 0.25) is 5.88 Å². The summed E-state index contributed by atoms with van der Waals surface area (Å²) in [5, 5.41) is 7.11. The topological polar surface area (TPSA) is 131 Å². The number of nitrogens with two attached hydrogens (primary N) is 1. The summed E-state index contributed by atoms with van der Waals surface area (Å²) in [6, 6.07) is 2.02. The van der Waals surface area contributed by atoms with E-state index in [1.54, 1.807) is 6.07 Å². The molecular formula is C32H32ClF4N9O2. The van der Waals surface area contributed by atoms with E-state index in [1.807, 2.05) is 25.8 Å². The molecule has 1 saturated heterocycles. The van der Waals surface area contributed by atoms with Crippen LogP contribution in [0.4, 0.5) is 29.2 Å². The third kappa shape index (κ3) is 5.38. The van der Waals surface area contributed by atoms with Crippen LogP contribution in [-0.2, 0) is 6.18 Å². The minimum absolute atomic E-state index is 0.0197. The van der Waals surface area contributed by atoms with Gasteiger partial charge in [-0.25, -0.2) is 14.4 Å². The first-order valence-electron chi connectivity index (χ1n) is 15.4. The number of benzene rings is 1. The number of anilines is 2. The van der Waals surface area contributed by atoms with Crippen LogP contribution in [0.25, 0.3) is 33.1 Å². The number of nitrogens with one attached hydrogen (secondary N) is 1. The standard InChI is InChI=1S/C32H32ClF4N9O2/c1-14-8-21-20(11-40-44-21)22(24(14)32(35,36)37)26-25(34)27-23-29(43-31(42-27)48-13-18-6-5-7-45(18)4)46(15(2)12-47-30(23)41-26)16(3)19-9-17(33)10-39-28(19)38/h8-11,15-16,18H,5-7,12-13H2,1-4H3,(H2,38,39)(H,40,44)/t15-,16+,18-/m0/s1. The summed E-state index contributed by atoms with van der Waals surface area (Å²) < 4.78 is 73.3. The number of hydrogen-bond acceptors (Lipinski definition) is 10. The molecule has 3 N–H and O–H groups in total. The van der Waals surface area contributed by atoms with Gasteiger partial charge in [-0.2, -0.15) is 28.2 Å². The molecule has 0 unspecified atom stereocenters. The number of H-pyrrole nitrogens is 1. The Balaban J connectivity index is 1.50. The second kappa shape index (κ2) is 11.9. The number of halogens is 5. The van der Waals surface area contributed by atoms with Gasteiger partial charge in [-0.3, -0.25) is 5.10 Å². The number of likely N-dealkylation sites (N-methyl/N-ethyl adjacent to an activating group) is 1. The zero-order chi connectivity index (χ0) is 34.1. The first-order chi connectivity index (χ1) is 22.8. The molecule has 2 aliphatic heterocycles. The fraction of sp³-hybridized carbons (Fsp3) is 0.406. The zero-order valence-electron chi connectivity index (χ0n) is 26.5. The number of pyridine rings is 2. The highest BCUT2D eigenvalue weighted by atomic mass is 35.5. The van der Waals surface area contributed by atoms with Gasteiger partial charge < -0.3 is 25.0 Å². The van der Waals surface area contributed by atoms with Crippen LogP contribution in [0.1, 0.15) is 49.4 Å². The van der Waals surface area contributed by atoms with Gasteiger partial charge in [-0.05, 0) is 64.9 Å². The number of alkyl halides is 3. The maximum atomic E-state index is 17.1. The van der Waals surface area contributed by atoms with E-state index in [4.69, 9.17) is 31.8 Å². The number of ether oxygens (including phenoxy) is 2. The molecule has 0 radical (unpaired) electrons. The van der Waals surface area contributed by atoms with E-state index >= 15 is 4.39 Å². The van der Waals surface area contributed by atoms with Crippen LogP contribution >= 0.6 is 11.6 Å². The van der Waals surface area contributed by atoms with Gasteiger partial charge in [0.15, 0.2) is 5.82 Å². The molecule has 0 amide bonds. The van der Waals surface area contributed by atoms with E-state index in [0.29, 0.717) is 10.6 Å². The van der Waals surface area contributed by atoms with E-state index in [2.05, 4.69) is 30.0 Å². The Hall–Kier alpha value is -4.50. The van der Waals surface area contributed by atoms with Gasteiger partial charge in [0.1, 0.15) is 41.4 Å². The van der Waals surface area contributed by atoms with Crippen molar-refractivity contribution in [3.63, 3.8) is 0 Å². The van der Waals surface area contributed by atoms with Crippen molar-refractivity contribution in [2.45, 2.75) is 57.9 Å². The normalized spacial score (nSPS) is 19.1. The molecule has 0 aliphatic carbocycles. The van der Waals surface area contributed by atoms with Crippen LogP contribution in [0, 0.1) is 12.7 Å². The largest absolute Gasteiger partial charge is 0.475 e. The van der Waals surface area contributed by atoms with Crippen LogP contribution in [0.2, 0.25) is 5.02 Å². The number of aromatic nitrogens is 6. The molecule has 6 heterocycles. The predicted octanol–water partition coefficient (Wildman–Crippen LogP) is 6.49. The summed E-state index contributed by atoms with van der Waals surface area (Å²) in [5.41, 5.74) is 4.64. The van der Waals surface area contributed by atoms with Crippen molar-refractivity contribution in [1.29, 1.82) is 0 Å². The molecule has 252 valence electrons. The highest BCUT2D eigenvalue weighted by molar-refractivity contribution is 6.30. The molecular weight excluding hydrogens is 654 g/mol. The zero-order valence-corrected chi connectivity index (χ0v) is 27.2. The van der Waals surface area contributed by atoms with Crippen LogP contribution in [0.3, 0.4) is 0 Å². The molecule has 1 fully saturated rings. The maximum absolute atomic E-state index is 17.1. The van der Waals surface area contributed by atoms with Crippen molar-refractivity contribution >= 4 is 45.0 Å². The molecule has 5 aromatic rings. The summed E-state index contributed by atoms with van der Waals surface area (Å²) in [6.07, 6.45) is -0.294. The first-order valence-corrected chi connectivity index (χ1v) is 15.8. The number of aromatic amines is 1. The van der Waals surface area contributed by atoms with Gasteiger partial charge >= 0.3 is 12.2 Å². The van der Waals surface area contributed by atoms with Gasteiger partial charge in [0, 0.05) is 28.8 Å². The Morgan fingerprint density at radius 1 is 1.21 bits per heavy atom. The Morgan fingerprint density at radius 3 is 2.73 bits per heavy atom. The molecule has 1 aromatic carbocycles. The quantitative estimate of drug-likeness (QED) is 0.191. The number of likely N-dealkylation sites (tertiary alicyclic amines) is 1. The van der Waals surface area contributed by atoms with Crippen LogP contribution in [0.5, 0.6) is 11.9 Å². The van der Waals surface area contributed by atoms with E-state index in [0.717, 1.165) is 19.4 Å². The van der Waals surface area contributed by atoms with Crippen molar-refractivity contribution in [2.24, 2.45) is 0 Å². The van der Waals surface area contributed by atoms with Crippen LogP contribution in [-0.4, -0.2) is 73.9 Å². The lowest BCUT2D eigenvalue weighted by Gasteiger charge is -2.35. The molecule has 3 atom stereocenters. The van der Waals surface area contributed by atoms with E-state index in [1.165, 1.54) is 25.4 Å².